The molecule has 2 aromatic carbocycles. The van der Waals surface area contributed by atoms with E-state index in [-0.39, 0.29) is 12.1 Å². The minimum absolute atomic E-state index is 0.270. The van der Waals surface area contributed by atoms with E-state index in [1.54, 1.807) is 0 Å². The molecule has 3 rings (SSSR count). The van der Waals surface area contributed by atoms with Crippen LogP contribution in [0.3, 0.4) is 0 Å². The fraction of sp³-hybridized carbons (Fsp3) is 0.250. The monoisotopic (exact) mass is 342 g/mol. The van der Waals surface area contributed by atoms with Gasteiger partial charge < -0.3 is 0 Å². The lowest BCUT2D eigenvalue weighted by atomic mass is 9.91. The molecular weight excluding hydrogens is 316 g/mol. The molecule has 0 unspecified atom stereocenters. The zero-order chi connectivity index (χ0) is 18.2. The van der Waals surface area contributed by atoms with Gasteiger partial charge in [0.2, 0.25) is 0 Å². The first-order chi connectivity index (χ1) is 12.8. The van der Waals surface area contributed by atoms with Crippen LogP contribution in [0.1, 0.15) is 47.9 Å². The highest BCUT2D eigenvalue weighted by atomic mass is 14.9. The van der Waals surface area contributed by atoms with Gasteiger partial charge in [-0.05, 0) is 35.1 Å². The van der Waals surface area contributed by atoms with Gasteiger partial charge in [-0.25, -0.2) is 0 Å². The summed E-state index contributed by atoms with van der Waals surface area (Å²) in [6, 6.07) is 17.2. The van der Waals surface area contributed by atoms with Gasteiger partial charge >= 0.3 is 0 Å². The number of hydrogen-bond donors (Lipinski definition) is 0. The Morgan fingerprint density at radius 3 is 1.31 bits per heavy atom. The normalized spacial score (nSPS) is 20.5. The lowest BCUT2D eigenvalue weighted by Gasteiger charge is -2.25. The number of aliphatic imine (C=N–C) groups is 2. The summed E-state index contributed by atoms with van der Waals surface area (Å²) in [5.74, 6) is 0. The SMILES string of the molecule is C=Cc1ccc(C=N[C@@H]2CCCC[C@H]2N=Cc2ccc(C=C)cc2)cc1. The highest BCUT2D eigenvalue weighted by Gasteiger charge is 2.23. The van der Waals surface area contributed by atoms with Crippen LogP contribution in [-0.4, -0.2) is 24.5 Å². The van der Waals surface area contributed by atoms with Crippen molar-refractivity contribution in [2.75, 3.05) is 0 Å². The third kappa shape index (κ3) is 4.89. The molecule has 1 aliphatic rings. The van der Waals surface area contributed by atoms with Crippen molar-refractivity contribution in [1.29, 1.82) is 0 Å². The second kappa shape index (κ2) is 9.10. The lowest BCUT2D eigenvalue weighted by Crippen LogP contribution is -2.27. The molecule has 2 aromatic rings. The first kappa shape index (κ1) is 18.1. The smallest absolute Gasteiger partial charge is 0.0723 e. The Morgan fingerprint density at radius 1 is 0.615 bits per heavy atom. The summed E-state index contributed by atoms with van der Waals surface area (Å²) in [6.07, 6.45) is 12.4. The predicted molar refractivity (Wildman–Crippen MR) is 114 cm³/mol. The molecule has 0 N–H and O–H groups in total. The summed E-state index contributed by atoms with van der Waals surface area (Å²) in [6.45, 7) is 7.58. The highest BCUT2D eigenvalue weighted by molar-refractivity contribution is 5.81. The van der Waals surface area contributed by atoms with Crippen molar-refractivity contribution < 1.29 is 0 Å². The van der Waals surface area contributed by atoms with Crippen LogP contribution in [0.5, 0.6) is 0 Å². The minimum Gasteiger partial charge on any atom is -0.287 e. The summed E-state index contributed by atoms with van der Waals surface area (Å²) in [5.41, 5.74) is 4.52. The van der Waals surface area contributed by atoms with Crippen molar-refractivity contribution >= 4 is 24.6 Å². The van der Waals surface area contributed by atoms with Crippen LogP contribution in [0, 0.1) is 0 Å². The second-order valence-electron chi connectivity index (χ2n) is 6.72. The maximum Gasteiger partial charge on any atom is 0.0723 e. The molecule has 0 bridgehead atoms. The molecule has 0 spiro atoms. The fourth-order valence-corrected chi connectivity index (χ4v) is 3.24. The van der Waals surface area contributed by atoms with E-state index in [1.807, 2.05) is 24.6 Å². The fourth-order valence-electron chi connectivity index (χ4n) is 3.24. The first-order valence-electron chi connectivity index (χ1n) is 9.30. The maximum absolute atomic E-state index is 4.85. The van der Waals surface area contributed by atoms with Crippen LogP contribution in [0.15, 0.2) is 71.7 Å². The highest BCUT2D eigenvalue weighted by Crippen LogP contribution is 2.24. The molecule has 0 heterocycles. The summed E-state index contributed by atoms with van der Waals surface area (Å²) >= 11 is 0. The number of nitrogens with zero attached hydrogens (tertiary/aromatic N) is 2. The van der Waals surface area contributed by atoms with E-state index >= 15 is 0 Å². The molecule has 1 aliphatic carbocycles. The molecule has 1 saturated carbocycles. The molecule has 2 atom stereocenters. The van der Waals surface area contributed by atoms with Crippen molar-refractivity contribution in [1.82, 2.24) is 0 Å². The lowest BCUT2D eigenvalue weighted by molar-refractivity contribution is 0.390. The van der Waals surface area contributed by atoms with E-state index in [0.717, 1.165) is 35.1 Å². The maximum atomic E-state index is 4.85. The van der Waals surface area contributed by atoms with E-state index in [9.17, 15) is 0 Å². The largest absolute Gasteiger partial charge is 0.287 e. The molecule has 132 valence electrons. The van der Waals surface area contributed by atoms with Gasteiger partial charge in [0.25, 0.3) is 0 Å². The van der Waals surface area contributed by atoms with Crippen molar-refractivity contribution in [3.05, 3.63) is 83.9 Å². The quantitative estimate of drug-likeness (QED) is 0.591. The van der Waals surface area contributed by atoms with Gasteiger partial charge in [0.05, 0.1) is 12.1 Å². The number of hydrogen-bond acceptors (Lipinski definition) is 2. The van der Waals surface area contributed by atoms with Crippen molar-refractivity contribution in [3.63, 3.8) is 0 Å². The van der Waals surface area contributed by atoms with Crippen LogP contribution in [0.4, 0.5) is 0 Å². The van der Waals surface area contributed by atoms with Gasteiger partial charge in [-0.3, -0.25) is 9.98 Å². The van der Waals surface area contributed by atoms with Crippen molar-refractivity contribution in [2.45, 2.75) is 37.8 Å². The summed E-state index contributed by atoms with van der Waals surface area (Å²) in [5, 5.41) is 0. The Bertz CT molecular complexity index is 712. The topological polar surface area (TPSA) is 24.7 Å². The zero-order valence-electron chi connectivity index (χ0n) is 15.2. The second-order valence-corrected chi connectivity index (χ2v) is 6.72. The Kier molecular flexibility index (Phi) is 6.32. The van der Waals surface area contributed by atoms with Crippen LogP contribution in [0.2, 0.25) is 0 Å². The van der Waals surface area contributed by atoms with E-state index in [4.69, 9.17) is 9.98 Å². The predicted octanol–water partition coefficient (Wildman–Crippen LogP) is 5.82. The molecule has 2 heteroatoms. The Hall–Kier alpha value is -2.74. The zero-order valence-corrected chi connectivity index (χ0v) is 15.2. The third-order valence-corrected chi connectivity index (χ3v) is 4.87. The van der Waals surface area contributed by atoms with E-state index in [1.165, 1.54) is 12.8 Å². The van der Waals surface area contributed by atoms with Gasteiger partial charge in [-0.2, -0.15) is 0 Å². The van der Waals surface area contributed by atoms with Crippen LogP contribution in [-0.2, 0) is 0 Å². The summed E-state index contributed by atoms with van der Waals surface area (Å²) in [7, 11) is 0. The standard InChI is InChI=1S/C24H26N2/c1-3-19-9-13-21(14-10-19)17-25-23-7-5-6-8-24(23)26-18-22-15-11-20(4-2)12-16-22/h3-4,9-18,23-24H,1-2,5-8H2/t23-,24-/m1/s1. The minimum atomic E-state index is 0.270. The molecule has 0 saturated heterocycles. The number of benzene rings is 2. The summed E-state index contributed by atoms with van der Waals surface area (Å²) in [4.78, 5) is 9.70. The van der Waals surface area contributed by atoms with Crippen molar-refractivity contribution in [2.24, 2.45) is 9.98 Å². The molecule has 26 heavy (non-hydrogen) atoms. The average Bonchev–Trinajstić information content (AvgIpc) is 2.72. The van der Waals surface area contributed by atoms with Gasteiger partial charge in [-0.1, -0.05) is 86.7 Å². The van der Waals surface area contributed by atoms with Crippen LogP contribution >= 0.6 is 0 Å². The van der Waals surface area contributed by atoms with E-state index < -0.39 is 0 Å². The van der Waals surface area contributed by atoms with Crippen LogP contribution in [0.25, 0.3) is 12.2 Å². The van der Waals surface area contributed by atoms with Gasteiger partial charge in [0.15, 0.2) is 0 Å². The summed E-state index contributed by atoms with van der Waals surface area (Å²) < 4.78 is 0. The van der Waals surface area contributed by atoms with Crippen molar-refractivity contribution in [3.8, 4) is 0 Å². The molecule has 0 radical (unpaired) electrons. The first-order valence-corrected chi connectivity index (χ1v) is 9.30. The van der Waals surface area contributed by atoms with E-state index in [2.05, 4.69) is 61.7 Å². The number of rotatable bonds is 6. The molecule has 0 amide bonds. The third-order valence-electron chi connectivity index (χ3n) is 4.87. The molecule has 1 fully saturated rings. The van der Waals surface area contributed by atoms with Gasteiger partial charge in [0.1, 0.15) is 0 Å². The Labute approximate surface area is 156 Å². The molecular formula is C24H26N2. The van der Waals surface area contributed by atoms with E-state index in [0.29, 0.717) is 0 Å². The molecule has 0 aromatic heterocycles. The van der Waals surface area contributed by atoms with Gasteiger partial charge in [-0.15, -0.1) is 0 Å². The average molecular weight is 342 g/mol. The molecule has 0 aliphatic heterocycles. The van der Waals surface area contributed by atoms with Gasteiger partial charge in [0, 0.05) is 12.4 Å². The molecule has 2 nitrogen and oxygen atoms in total. The Balaban J connectivity index is 1.68. The Morgan fingerprint density at radius 2 is 0.962 bits per heavy atom. The van der Waals surface area contributed by atoms with Crippen LogP contribution < -0.4 is 0 Å².